The molecule has 0 N–H and O–H groups in total. The molecule has 25 heavy (non-hydrogen) atoms. The molecule has 0 heterocycles. The van der Waals surface area contributed by atoms with E-state index in [4.69, 9.17) is 4.74 Å². The Kier molecular flexibility index (Phi) is 10.3. The Morgan fingerprint density at radius 1 is 0.960 bits per heavy atom. The molecule has 0 radical (unpaired) electrons. The van der Waals surface area contributed by atoms with Gasteiger partial charge in [-0.15, -0.1) is 0 Å². The van der Waals surface area contributed by atoms with Gasteiger partial charge in [-0.3, -0.25) is 9.59 Å². The highest BCUT2D eigenvalue weighted by molar-refractivity contribution is 5.77. The van der Waals surface area contributed by atoms with Crippen molar-refractivity contribution in [2.45, 2.75) is 26.7 Å². The number of hydrogen-bond donors (Lipinski definition) is 0. The van der Waals surface area contributed by atoms with Crippen LogP contribution in [0, 0.1) is 0 Å². The molecule has 0 bridgehead atoms. The van der Waals surface area contributed by atoms with Crippen LogP contribution in [0.2, 0.25) is 0 Å². The van der Waals surface area contributed by atoms with Crippen LogP contribution in [0.25, 0.3) is 0 Å². The summed E-state index contributed by atoms with van der Waals surface area (Å²) in [5, 5.41) is 0. The van der Waals surface area contributed by atoms with E-state index in [-0.39, 0.29) is 24.7 Å². The molecule has 0 fully saturated rings. The average molecular weight is 350 g/mol. The quantitative estimate of drug-likeness (QED) is 0.541. The minimum atomic E-state index is -0.304. The van der Waals surface area contributed by atoms with Crippen LogP contribution >= 0.6 is 0 Å². The molecule has 0 aliphatic rings. The fourth-order valence-electron chi connectivity index (χ4n) is 2.42. The van der Waals surface area contributed by atoms with Crippen LogP contribution in [-0.4, -0.2) is 68.1 Å². The second-order valence-corrected chi connectivity index (χ2v) is 5.65. The summed E-state index contributed by atoms with van der Waals surface area (Å²) in [6.45, 7) is 8.15. The predicted octanol–water partition coefficient (Wildman–Crippen LogP) is 2.19. The fourth-order valence-corrected chi connectivity index (χ4v) is 2.42. The molecule has 0 aromatic heterocycles. The van der Waals surface area contributed by atoms with Crippen molar-refractivity contribution in [1.29, 1.82) is 0 Å². The molecule has 6 nitrogen and oxygen atoms in total. The number of likely N-dealkylation sites (N-methyl/N-ethyl adjacent to an activating group) is 1. The van der Waals surface area contributed by atoms with Gasteiger partial charge in [-0.2, -0.15) is 0 Å². The number of amides is 1. The molecule has 140 valence electrons. The first-order chi connectivity index (χ1) is 12.1. The lowest BCUT2D eigenvalue weighted by Gasteiger charge is -2.26. The second kappa shape index (κ2) is 12.3. The van der Waals surface area contributed by atoms with E-state index < -0.39 is 0 Å². The lowest BCUT2D eigenvalue weighted by Crippen LogP contribution is -2.40. The van der Waals surface area contributed by atoms with Gasteiger partial charge in [-0.25, -0.2) is 0 Å². The molecule has 0 saturated heterocycles. The van der Waals surface area contributed by atoms with Gasteiger partial charge in [-0.1, -0.05) is 32.0 Å². The lowest BCUT2D eigenvalue weighted by molar-refractivity contribution is -0.141. The zero-order valence-electron chi connectivity index (χ0n) is 15.6. The van der Waals surface area contributed by atoms with E-state index in [9.17, 15) is 9.59 Å². The first-order valence-electron chi connectivity index (χ1n) is 8.85. The van der Waals surface area contributed by atoms with Gasteiger partial charge < -0.3 is 19.3 Å². The molecule has 0 aliphatic carbocycles. The summed E-state index contributed by atoms with van der Waals surface area (Å²) in [7, 11) is 1.36. The van der Waals surface area contributed by atoms with Crippen LogP contribution in [0.3, 0.4) is 0 Å². The molecule has 1 aromatic rings. The number of ether oxygens (including phenoxy) is 2. The lowest BCUT2D eigenvalue weighted by atomic mass is 10.3. The van der Waals surface area contributed by atoms with Crippen LogP contribution in [0.1, 0.15) is 26.7 Å². The molecule has 0 unspecified atom stereocenters. The number of benzene rings is 1. The number of methoxy groups -OCH3 is 1. The number of nitrogens with zero attached hydrogens (tertiary/aromatic N) is 2. The zero-order chi connectivity index (χ0) is 18.5. The summed E-state index contributed by atoms with van der Waals surface area (Å²) in [6.07, 6.45) is 0.494. The SMILES string of the molecule is CCN(CC)CCN(CCC(=O)OC)C(=O)CCOc1ccccc1. The predicted molar refractivity (Wildman–Crippen MR) is 97.6 cm³/mol. The Morgan fingerprint density at radius 2 is 1.64 bits per heavy atom. The Balaban J connectivity index is 2.49. The summed E-state index contributed by atoms with van der Waals surface area (Å²) in [4.78, 5) is 27.9. The second-order valence-electron chi connectivity index (χ2n) is 5.65. The summed E-state index contributed by atoms with van der Waals surface area (Å²) in [5.74, 6) is 0.438. The van der Waals surface area contributed by atoms with Gasteiger partial charge in [0.25, 0.3) is 0 Å². The van der Waals surface area contributed by atoms with Crippen molar-refractivity contribution in [2.24, 2.45) is 0 Å². The van der Waals surface area contributed by atoms with Crippen molar-refractivity contribution < 1.29 is 19.1 Å². The van der Waals surface area contributed by atoms with E-state index >= 15 is 0 Å². The van der Waals surface area contributed by atoms with Crippen molar-refractivity contribution in [1.82, 2.24) is 9.80 Å². The van der Waals surface area contributed by atoms with E-state index in [1.807, 2.05) is 30.3 Å². The highest BCUT2D eigenvalue weighted by Crippen LogP contribution is 2.09. The number of hydrogen-bond acceptors (Lipinski definition) is 5. The largest absolute Gasteiger partial charge is 0.493 e. The molecule has 1 amide bonds. The van der Waals surface area contributed by atoms with Gasteiger partial charge in [-0.05, 0) is 25.2 Å². The minimum absolute atomic E-state index is 0.00742. The Hall–Kier alpha value is -2.08. The third-order valence-electron chi connectivity index (χ3n) is 4.07. The number of carbonyl (C=O) groups is 2. The topological polar surface area (TPSA) is 59.1 Å². The summed E-state index contributed by atoms with van der Waals surface area (Å²) < 4.78 is 10.3. The standard InChI is InChI=1S/C19H30N2O4/c1-4-20(5-2)14-15-21(13-11-19(23)24-3)18(22)12-16-25-17-9-7-6-8-10-17/h6-10H,4-5,11-16H2,1-3H3. The molecule has 0 saturated carbocycles. The molecule has 0 aliphatic heterocycles. The third kappa shape index (κ3) is 8.54. The van der Waals surface area contributed by atoms with E-state index in [0.29, 0.717) is 19.7 Å². The van der Waals surface area contributed by atoms with Crippen LogP contribution < -0.4 is 4.74 Å². The molecule has 6 heteroatoms. The first-order valence-corrected chi connectivity index (χ1v) is 8.85. The summed E-state index contributed by atoms with van der Waals surface area (Å²) in [5.41, 5.74) is 0. The number of para-hydroxylation sites is 1. The monoisotopic (exact) mass is 350 g/mol. The molecule has 0 atom stereocenters. The highest BCUT2D eigenvalue weighted by Gasteiger charge is 2.16. The fraction of sp³-hybridized carbons (Fsp3) is 0.579. The zero-order valence-corrected chi connectivity index (χ0v) is 15.6. The van der Waals surface area contributed by atoms with Crippen LogP contribution in [0.4, 0.5) is 0 Å². The van der Waals surface area contributed by atoms with Crippen LogP contribution in [0.5, 0.6) is 5.75 Å². The smallest absolute Gasteiger partial charge is 0.307 e. The van der Waals surface area contributed by atoms with Crippen molar-refractivity contribution in [2.75, 3.05) is 46.4 Å². The maximum absolute atomic E-state index is 12.5. The summed E-state index contributed by atoms with van der Waals surface area (Å²) >= 11 is 0. The van der Waals surface area contributed by atoms with Gasteiger partial charge in [0.15, 0.2) is 0 Å². The van der Waals surface area contributed by atoms with Gasteiger partial charge in [0.05, 0.1) is 26.6 Å². The Labute approximate surface area is 150 Å². The molecular weight excluding hydrogens is 320 g/mol. The van der Waals surface area contributed by atoms with Gasteiger partial charge >= 0.3 is 5.97 Å². The van der Waals surface area contributed by atoms with E-state index in [1.54, 1.807) is 4.90 Å². The number of carbonyl (C=O) groups excluding carboxylic acids is 2. The normalized spacial score (nSPS) is 10.6. The van der Waals surface area contributed by atoms with Crippen LogP contribution in [-0.2, 0) is 14.3 Å². The van der Waals surface area contributed by atoms with Gasteiger partial charge in [0.2, 0.25) is 5.91 Å². The Bertz CT molecular complexity index is 503. The highest BCUT2D eigenvalue weighted by atomic mass is 16.5. The van der Waals surface area contributed by atoms with Gasteiger partial charge in [0.1, 0.15) is 5.75 Å². The minimum Gasteiger partial charge on any atom is -0.493 e. The van der Waals surface area contributed by atoms with E-state index in [2.05, 4.69) is 23.5 Å². The van der Waals surface area contributed by atoms with E-state index in [0.717, 1.165) is 25.4 Å². The average Bonchev–Trinajstić information content (AvgIpc) is 2.65. The van der Waals surface area contributed by atoms with Crippen molar-refractivity contribution in [3.8, 4) is 5.75 Å². The first kappa shape index (κ1) is 21.0. The van der Waals surface area contributed by atoms with E-state index in [1.165, 1.54) is 7.11 Å². The van der Waals surface area contributed by atoms with Gasteiger partial charge in [0, 0.05) is 19.6 Å². The molecule has 1 rings (SSSR count). The van der Waals surface area contributed by atoms with Crippen molar-refractivity contribution in [3.05, 3.63) is 30.3 Å². The molecule has 0 spiro atoms. The summed E-state index contributed by atoms with van der Waals surface area (Å²) in [6, 6.07) is 9.42. The number of esters is 1. The molecular formula is C19H30N2O4. The van der Waals surface area contributed by atoms with Crippen molar-refractivity contribution in [3.63, 3.8) is 0 Å². The van der Waals surface area contributed by atoms with Crippen LogP contribution in [0.15, 0.2) is 30.3 Å². The molecule has 1 aromatic carbocycles. The third-order valence-corrected chi connectivity index (χ3v) is 4.07. The van der Waals surface area contributed by atoms with Crippen molar-refractivity contribution >= 4 is 11.9 Å². The Morgan fingerprint density at radius 3 is 2.24 bits per heavy atom. The maximum Gasteiger partial charge on any atom is 0.307 e. The maximum atomic E-state index is 12.5. The number of rotatable bonds is 12.